The lowest BCUT2D eigenvalue weighted by molar-refractivity contribution is -0.137. The molecule has 2 fully saturated rings. The Balaban J connectivity index is 1.14. The summed E-state index contributed by atoms with van der Waals surface area (Å²) in [5.41, 5.74) is 7.57. The normalized spacial score (nSPS) is 17.9. The highest BCUT2D eigenvalue weighted by Crippen LogP contribution is 2.35. The van der Waals surface area contributed by atoms with Crippen LogP contribution in [0.5, 0.6) is 0 Å². The molecule has 0 unspecified atom stereocenters. The molecule has 6 nitrogen and oxygen atoms in total. The summed E-state index contributed by atoms with van der Waals surface area (Å²) in [7, 11) is 0. The SMILES string of the molecule is CC(C)(C)c1ccc(N2CCN(CCCC(=O)N3CCC(Nc4ccc(N)c(C(F)(F)F)c4)CC3)CC2)cc1. The number of piperidine rings is 1. The fraction of sp³-hybridized carbons (Fsp3) is 0.567. The standard InChI is InChI=1S/C30H42F3N5O/c1-29(2,3)22-6-9-25(10-7-22)37-19-17-36(18-20-37)14-4-5-28(39)38-15-12-23(13-16-38)35-24-8-11-27(34)26(21-24)30(31,32)33/h6-11,21,23,35H,4-5,12-20,34H2,1-3H3. The van der Waals surface area contributed by atoms with E-state index in [-0.39, 0.29) is 23.1 Å². The molecule has 2 saturated heterocycles. The topological polar surface area (TPSA) is 64.8 Å². The second kappa shape index (κ2) is 12.1. The molecule has 0 spiro atoms. The van der Waals surface area contributed by atoms with Crippen molar-refractivity contribution in [3.63, 3.8) is 0 Å². The number of hydrogen-bond donors (Lipinski definition) is 2. The number of carbonyl (C=O) groups is 1. The van der Waals surface area contributed by atoms with Crippen LogP contribution in [0, 0.1) is 0 Å². The van der Waals surface area contributed by atoms with Crippen LogP contribution in [-0.4, -0.2) is 67.6 Å². The van der Waals surface area contributed by atoms with Crippen molar-refractivity contribution in [1.82, 2.24) is 9.80 Å². The van der Waals surface area contributed by atoms with Gasteiger partial charge < -0.3 is 20.9 Å². The maximum Gasteiger partial charge on any atom is 0.418 e. The van der Waals surface area contributed by atoms with Gasteiger partial charge in [-0.1, -0.05) is 32.9 Å². The zero-order valence-corrected chi connectivity index (χ0v) is 23.4. The minimum absolute atomic E-state index is 0.0275. The van der Waals surface area contributed by atoms with E-state index in [1.54, 1.807) is 6.07 Å². The Morgan fingerprint density at radius 2 is 1.59 bits per heavy atom. The number of amides is 1. The molecule has 3 N–H and O–H groups in total. The van der Waals surface area contributed by atoms with Crippen LogP contribution in [0.15, 0.2) is 42.5 Å². The van der Waals surface area contributed by atoms with Crippen molar-refractivity contribution in [2.75, 3.05) is 61.8 Å². The summed E-state index contributed by atoms with van der Waals surface area (Å²) < 4.78 is 39.4. The Bertz CT molecular complexity index is 1100. The first-order valence-electron chi connectivity index (χ1n) is 14.0. The third-order valence-electron chi connectivity index (χ3n) is 7.91. The fourth-order valence-electron chi connectivity index (χ4n) is 5.41. The van der Waals surface area contributed by atoms with Crippen molar-refractivity contribution in [2.24, 2.45) is 0 Å². The van der Waals surface area contributed by atoms with Gasteiger partial charge in [-0.05, 0) is 67.1 Å². The van der Waals surface area contributed by atoms with Gasteiger partial charge in [0.2, 0.25) is 5.91 Å². The molecule has 4 rings (SSSR count). The molecule has 214 valence electrons. The second-order valence-corrected chi connectivity index (χ2v) is 11.8. The van der Waals surface area contributed by atoms with Crippen LogP contribution in [-0.2, 0) is 16.4 Å². The van der Waals surface area contributed by atoms with E-state index in [4.69, 9.17) is 5.73 Å². The van der Waals surface area contributed by atoms with Gasteiger partial charge in [-0.25, -0.2) is 0 Å². The lowest BCUT2D eigenvalue weighted by Gasteiger charge is -2.36. The number of anilines is 3. The molecule has 2 aromatic carbocycles. The minimum atomic E-state index is -4.48. The summed E-state index contributed by atoms with van der Waals surface area (Å²) in [6, 6.07) is 12.9. The quantitative estimate of drug-likeness (QED) is 0.444. The number of halogens is 3. The number of likely N-dealkylation sites (tertiary alicyclic amines) is 1. The molecule has 0 radical (unpaired) electrons. The largest absolute Gasteiger partial charge is 0.418 e. The van der Waals surface area contributed by atoms with Crippen molar-refractivity contribution >= 4 is 23.0 Å². The number of alkyl halides is 3. The van der Waals surface area contributed by atoms with Crippen molar-refractivity contribution in [3.8, 4) is 0 Å². The number of nitrogens with one attached hydrogen (secondary N) is 1. The molecule has 9 heteroatoms. The van der Waals surface area contributed by atoms with Gasteiger partial charge in [-0.2, -0.15) is 13.2 Å². The molecule has 0 saturated carbocycles. The van der Waals surface area contributed by atoms with E-state index in [0.29, 0.717) is 38.0 Å². The van der Waals surface area contributed by atoms with E-state index in [0.717, 1.165) is 45.2 Å². The Morgan fingerprint density at radius 3 is 2.18 bits per heavy atom. The molecule has 0 aromatic heterocycles. The van der Waals surface area contributed by atoms with Gasteiger partial charge >= 0.3 is 6.18 Å². The molecule has 39 heavy (non-hydrogen) atoms. The van der Waals surface area contributed by atoms with E-state index in [1.165, 1.54) is 17.3 Å². The van der Waals surface area contributed by atoms with E-state index < -0.39 is 11.7 Å². The van der Waals surface area contributed by atoms with Crippen LogP contribution in [0.3, 0.4) is 0 Å². The lowest BCUT2D eigenvalue weighted by Crippen LogP contribution is -2.47. The highest BCUT2D eigenvalue weighted by Gasteiger charge is 2.33. The van der Waals surface area contributed by atoms with Gasteiger partial charge in [-0.15, -0.1) is 0 Å². The number of nitrogen functional groups attached to an aromatic ring is 1. The molecule has 0 atom stereocenters. The molecule has 2 aromatic rings. The van der Waals surface area contributed by atoms with Crippen molar-refractivity contribution in [2.45, 2.75) is 64.1 Å². The smallest absolute Gasteiger partial charge is 0.398 e. The number of nitrogens with zero attached hydrogens (tertiary/aromatic N) is 3. The summed E-state index contributed by atoms with van der Waals surface area (Å²) in [6.07, 6.45) is -1.71. The fourth-order valence-corrected chi connectivity index (χ4v) is 5.41. The van der Waals surface area contributed by atoms with Gasteiger partial charge in [0.25, 0.3) is 0 Å². The highest BCUT2D eigenvalue weighted by atomic mass is 19.4. The average molecular weight is 546 g/mol. The van der Waals surface area contributed by atoms with Crippen LogP contribution in [0.2, 0.25) is 0 Å². The summed E-state index contributed by atoms with van der Waals surface area (Å²) in [6.45, 7) is 12.8. The predicted octanol–water partition coefficient (Wildman–Crippen LogP) is 5.59. The average Bonchev–Trinajstić information content (AvgIpc) is 2.89. The molecule has 0 bridgehead atoms. The van der Waals surface area contributed by atoms with Crippen LogP contribution in [0.25, 0.3) is 0 Å². The first-order valence-corrected chi connectivity index (χ1v) is 14.0. The van der Waals surface area contributed by atoms with Gasteiger partial charge in [0.1, 0.15) is 0 Å². The molecule has 2 heterocycles. The lowest BCUT2D eigenvalue weighted by atomic mass is 9.87. The maximum absolute atomic E-state index is 13.1. The Hall–Kier alpha value is -2.94. The number of nitrogens with two attached hydrogens (primary N) is 1. The Kier molecular flexibility index (Phi) is 8.99. The Labute approximate surface area is 230 Å². The zero-order chi connectivity index (χ0) is 28.2. The number of rotatable bonds is 7. The molecular weight excluding hydrogens is 503 g/mol. The maximum atomic E-state index is 13.1. The number of benzene rings is 2. The molecule has 0 aliphatic carbocycles. The Morgan fingerprint density at radius 1 is 0.949 bits per heavy atom. The molecule has 1 amide bonds. The van der Waals surface area contributed by atoms with Crippen LogP contribution in [0.4, 0.5) is 30.2 Å². The number of hydrogen-bond acceptors (Lipinski definition) is 5. The molecule has 2 aliphatic rings. The summed E-state index contributed by atoms with van der Waals surface area (Å²) in [5.74, 6) is 0.165. The van der Waals surface area contributed by atoms with Crippen molar-refractivity contribution in [3.05, 3.63) is 53.6 Å². The number of piperazine rings is 1. The van der Waals surface area contributed by atoms with E-state index >= 15 is 0 Å². The van der Waals surface area contributed by atoms with Crippen LogP contribution >= 0.6 is 0 Å². The summed E-state index contributed by atoms with van der Waals surface area (Å²) in [4.78, 5) is 19.5. The molecule has 2 aliphatic heterocycles. The van der Waals surface area contributed by atoms with Gasteiger partial charge in [0, 0.05) is 68.8 Å². The molecular formula is C30H42F3N5O. The predicted molar refractivity (Wildman–Crippen MR) is 152 cm³/mol. The highest BCUT2D eigenvalue weighted by molar-refractivity contribution is 5.76. The zero-order valence-electron chi connectivity index (χ0n) is 23.4. The van der Waals surface area contributed by atoms with Crippen LogP contribution in [0.1, 0.15) is 57.6 Å². The second-order valence-electron chi connectivity index (χ2n) is 11.8. The van der Waals surface area contributed by atoms with Crippen molar-refractivity contribution in [1.29, 1.82) is 0 Å². The van der Waals surface area contributed by atoms with Gasteiger partial charge in [0.05, 0.1) is 5.56 Å². The first kappa shape index (κ1) is 29.1. The van der Waals surface area contributed by atoms with Crippen LogP contribution < -0.4 is 16.0 Å². The first-order chi connectivity index (χ1) is 18.4. The monoisotopic (exact) mass is 545 g/mol. The van der Waals surface area contributed by atoms with E-state index in [1.807, 2.05) is 4.90 Å². The van der Waals surface area contributed by atoms with E-state index in [2.05, 4.69) is 60.2 Å². The third kappa shape index (κ3) is 7.81. The summed E-state index contributed by atoms with van der Waals surface area (Å²) in [5, 5.41) is 3.19. The minimum Gasteiger partial charge on any atom is -0.398 e. The van der Waals surface area contributed by atoms with Crippen molar-refractivity contribution < 1.29 is 18.0 Å². The van der Waals surface area contributed by atoms with Gasteiger partial charge in [0.15, 0.2) is 0 Å². The summed E-state index contributed by atoms with van der Waals surface area (Å²) >= 11 is 0. The van der Waals surface area contributed by atoms with Gasteiger partial charge in [-0.3, -0.25) is 9.69 Å². The third-order valence-corrected chi connectivity index (χ3v) is 7.91. The van der Waals surface area contributed by atoms with E-state index in [9.17, 15) is 18.0 Å². The number of carbonyl (C=O) groups excluding carboxylic acids is 1.